The van der Waals surface area contributed by atoms with Crippen LogP contribution in [0.3, 0.4) is 0 Å². The third-order valence-corrected chi connectivity index (χ3v) is 4.11. The van der Waals surface area contributed by atoms with E-state index in [2.05, 4.69) is 5.16 Å². The minimum atomic E-state index is -0.720. The molecule has 0 aliphatic heterocycles. The summed E-state index contributed by atoms with van der Waals surface area (Å²) in [6, 6.07) is 17.2. The Kier molecular flexibility index (Phi) is 5.03. The highest BCUT2D eigenvalue weighted by atomic mass is 16.5. The van der Waals surface area contributed by atoms with Gasteiger partial charge in [-0.05, 0) is 44.5 Å². The van der Waals surface area contributed by atoms with Crippen molar-refractivity contribution in [2.45, 2.75) is 26.4 Å². The van der Waals surface area contributed by atoms with Gasteiger partial charge in [0, 0.05) is 0 Å². The van der Waals surface area contributed by atoms with Gasteiger partial charge in [-0.1, -0.05) is 53.7 Å². The van der Waals surface area contributed by atoms with E-state index < -0.39 is 5.60 Å². The van der Waals surface area contributed by atoms with Gasteiger partial charge in [-0.3, -0.25) is 4.79 Å². The molecule has 26 heavy (non-hydrogen) atoms. The predicted octanol–water partition coefficient (Wildman–Crippen LogP) is 5.36. The standard InChI is InChI=1S/C22H21NO3/c1-16(24)18-11-7-8-12-21(18)26-22(2,3)19-15-25-23-20(19)14-13-17-9-5-4-6-10-17/h4-15H,1-3H3/b14-13+. The zero-order valence-electron chi connectivity index (χ0n) is 15.1. The molecule has 0 atom stereocenters. The normalized spacial score (nSPS) is 11.7. The van der Waals surface area contributed by atoms with Crippen molar-refractivity contribution in [3.05, 3.63) is 83.2 Å². The molecule has 3 aromatic rings. The van der Waals surface area contributed by atoms with Crippen molar-refractivity contribution in [1.82, 2.24) is 5.16 Å². The van der Waals surface area contributed by atoms with Crippen LogP contribution in [0.4, 0.5) is 0 Å². The number of Topliss-reactive ketones (excluding diaryl/α,β-unsaturated/α-hetero) is 1. The smallest absolute Gasteiger partial charge is 0.163 e. The number of benzene rings is 2. The van der Waals surface area contributed by atoms with Crippen LogP contribution < -0.4 is 4.74 Å². The molecule has 3 rings (SSSR count). The van der Waals surface area contributed by atoms with Gasteiger partial charge in [0.15, 0.2) is 5.78 Å². The summed E-state index contributed by atoms with van der Waals surface area (Å²) in [4.78, 5) is 11.8. The molecule has 4 heteroatoms. The Labute approximate surface area is 153 Å². The molecule has 0 unspecified atom stereocenters. The summed E-state index contributed by atoms with van der Waals surface area (Å²) in [6.45, 7) is 5.38. The first kappa shape index (κ1) is 17.7. The fourth-order valence-electron chi connectivity index (χ4n) is 2.73. The highest BCUT2D eigenvalue weighted by Gasteiger charge is 2.29. The van der Waals surface area contributed by atoms with E-state index >= 15 is 0 Å². The van der Waals surface area contributed by atoms with Gasteiger partial charge in [-0.25, -0.2) is 0 Å². The van der Waals surface area contributed by atoms with E-state index in [1.807, 2.05) is 68.5 Å². The minimum Gasteiger partial charge on any atom is -0.482 e. The molecular formula is C22H21NO3. The fraction of sp³-hybridized carbons (Fsp3) is 0.182. The SMILES string of the molecule is CC(=O)c1ccccc1OC(C)(C)c1conc1/C=C/c1ccccc1. The Morgan fingerprint density at radius 2 is 1.73 bits per heavy atom. The van der Waals surface area contributed by atoms with Crippen molar-refractivity contribution in [3.8, 4) is 5.75 Å². The molecule has 0 spiro atoms. The zero-order valence-corrected chi connectivity index (χ0v) is 15.1. The molecular weight excluding hydrogens is 326 g/mol. The van der Waals surface area contributed by atoms with Gasteiger partial charge in [0.25, 0.3) is 0 Å². The van der Waals surface area contributed by atoms with E-state index in [0.29, 0.717) is 17.0 Å². The predicted molar refractivity (Wildman–Crippen MR) is 102 cm³/mol. The first-order valence-corrected chi connectivity index (χ1v) is 8.44. The maximum Gasteiger partial charge on any atom is 0.163 e. The second kappa shape index (κ2) is 7.40. The second-order valence-electron chi connectivity index (χ2n) is 6.52. The van der Waals surface area contributed by atoms with Crippen LogP contribution >= 0.6 is 0 Å². The van der Waals surface area contributed by atoms with Crippen LogP contribution in [-0.2, 0) is 5.60 Å². The first-order valence-electron chi connectivity index (χ1n) is 8.44. The lowest BCUT2D eigenvalue weighted by molar-refractivity contribution is 0.0954. The molecule has 0 saturated heterocycles. The molecule has 1 aromatic heterocycles. The highest BCUT2D eigenvalue weighted by molar-refractivity contribution is 5.96. The van der Waals surface area contributed by atoms with Gasteiger partial charge in [0.1, 0.15) is 23.3 Å². The molecule has 0 aliphatic carbocycles. The number of rotatable bonds is 6. The fourth-order valence-corrected chi connectivity index (χ4v) is 2.73. The molecule has 1 heterocycles. The zero-order chi connectivity index (χ0) is 18.6. The average Bonchev–Trinajstić information content (AvgIpc) is 3.10. The Hall–Kier alpha value is -3.14. The Morgan fingerprint density at radius 3 is 2.46 bits per heavy atom. The van der Waals surface area contributed by atoms with Crippen molar-refractivity contribution in [2.75, 3.05) is 0 Å². The number of hydrogen-bond donors (Lipinski definition) is 0. The van der Waals surface area contributed by atoms with E-state index in [0.717, 1.165) is 11.1 Å². The minimum absolute atomic E-state index is 0.0362. The van der Waals surface area contributed by atoms with E-state index in [9.17, 15) is 4.79 Å². The summed E-state index contributed by atoms with van der Waals surface area (Å²) in [7, 11) is 0. The van der Waals surface area contributed by atoms with Gasteiger partial charge in [0.05, 0.1) is 11.1 Å². The van der Waals surface area contributed by atoms with Gasteiger partial charge < -0.3 is 9.26 Å². The summed E-state index contributed by atoms with van der Waals surface area (Å²) < 4.78 is 11.4. The molecule has 0 N–H and O–H groups in total. The van der Waals surface area contributed by atoms with Gasteiger partial charge in [0.2, 0.25) is 0 Å². The van der Waals surface area contributed by atoms with E-state index in [1.54, 1.807) is 18.4 Å². The monoisotopic (exact) mass is 347 g/mol. The Bertz CT molecular complexity index is 923. The molecule has 0 aliphatic rings. The lowest BCUT2D eigenvalue weighted by atomic mass is 9.97. The quantitative estimate of drug-likeness (QED) is 0.563. The number of hydrogen-bond acceptors (Lipinski definition) is 4. The average molecular weight is 347 g/mol. The van der Waals surface area contributed by atoms with E-state index in [4.69, 9.17) is 9.26 Å². The highest BCUT2D eigenvalue weighted by Crippen LogP contribution is 2.32. The summed E-state index contributed by atoms with van der Waals surface area (Å²) in [6.07, 6.45) is 5.46. The van der Waals surface area contributed by atoms with E-state index in [1.165, 1.54) is 6.92 Å². The second-order valence-corrected chi connectivity index (χ2v) is 6.52. The third kappa shape index (κ3) is 3.91. The van der Waals surface area contributed by atoms with Crippen LogP contribution in [0.2, 0.25) is 0 Å². The third-order valence-electron chi connectivity index (χ3n) is 4.11. The van der Waals surface area contributed by atoms with Crippen LogP contribution in [0.15, 0.2) is 65.4 Å². The molecule has 132 valence electrons. The van der Waals surface area contributed by atoms with E-state index in [-0.39, 0.29) is 5.78 Å². The molecule has 0 amide bonds. The van der Waals surface area contributed by atoms with Crippen molar-refractivity contribution in [1.29, 1.82) is 0 Å². The molecule has 0 fully saturated rings. The maximum atomic E-state index is 11.8. The van der Waals surface area contributed by atoms with Crippen LogP contribution in [0.25, 0.3) is 12.2 Å². The molecule has 0 saturated carbocycles. The van der Waals surface area contributed by atoms with Crippen LogP contribution in [-0.4, -0.2) is 10.9 Å². The molecule has 0 bridgehead atoms. The number of aromatic nitrogens is 1. The van der Waals surface area contributed by atoms with Crippen LogP contribution in [0.5, 0.6) is 5.75 Å². The number of carbonyl (C=O) groups is 1. The summed E-state index contributed by atoms with van der Waals surface area (Å²) in [5.41, 5.74) is 2.41. The van der Waals surface area contributed by atoms with Gasteiger partial charge in [-0.2, -0.15) is 0 Å². The van der Waals surface area contributed by atoms with Crippen molar-refractivity contribution >= 4 is 17.9 Å². The summed E-state index contributed by atoms with van der Waals surface area (Å²) >= 11 is 0. The van der Waals surface area contributed by atoms with Crippen molar-refractivity contribution in [3.63, 3.8) is 0 Å². The van der Waals surface area contributed by atoms with Crippen LogP contribution in [0.1, 0.15) is 48.0 Å². The van der Waals surface area contributed by atoms with Gasteiger partial charge >= 0.3 is 0 Å². The maximum absolute atomic E-state index is 11.8. The largest absolute Gasteiger partial charge is 0.482 e. The van der Waals surface area contributed by atoms with Crippen molar-refractivity contribution < 1.29 is 14.1 Å². The number of para-hydroxylation sites is 1. The lowest BCUT2D eigenvalue weighted by Crippen LogP contribution is -2.26. The first-order chi connectivity index (χ1) is 12.5. The molecule has 4 nitrogen and oxygen atoms in total. The van der Waals surface area contributed by atoms with Gasteiger partial charge in [-0.15, -0.1) is 0 Å². The Balaban J connectivity index is 1.88. The summed E-state index contributed by atoms with van der Waals surface area (Å²) in [5.74, 6) is 0.509. The lowest BCUT2D eigenvalue weighted by Gasteiger charge is -2.26. The number of nitrogens with zero attached hydrogens (tertiary/aromatic N) is 1. The van der Waals surface area contributed by atoms with Crippen molar-refractivity contribution in [2.24, 2.45) is 0 Å². The Morgan fingerprint density at radius 1 is 1.04 bits per heavy atom. The topological polar surface area (TPSA) is 52.3 Å². The summed E-state index contributed by atoms with van der Waals surface area (Å²) in [5, 5.41) is 4.09. The number of carbonyl (C=O) groups excluding carboxylic acids is 1. The number of ketones is 1. The van der Waals surface area contributed by atoms with Crippen LogP contribution in [0, 0.1) is 0 Å². The molecule has 2 aromatic carbocycles. The number of ether oxygens (including phenoxy) is 1. The molecule has 0 radical (unpaired) electrons.